The molecular formula is C18H28N2O2. The predicted molar refractivity (Wildman–Crippen MR) is 88.5 cm³/mol. The predicted octanol–water partition coefficient (Wildman–Crippen LogP) is 2.49. The van der Waals surface area contributed by atoms with Gasteiger partial charge in [-0.15, -0.1) is 0 Å². The second kappa shape index (κ2) is 8.30. The zero-order valence-electron chi connectivity index (χ0n) is 13.7. The Labute approximate surface area is 133 Å². The third-order valence-corrected chi connectivity index (χ3v) is 4.45. The van der Waals surface area contributed by atoms with E-state index in [4.69, 9.17) is 0 Å². The number of carbonyl (C=O) groups is 1. The van der Waals surface area contributed by atoms with Crippen molar-refractivity contribution in [2.75, 3.05) is 13.1 Å². The normalized spacial score (nSPS) is 22.0. The molecule has 1 aromatic carbocycles. The molecule has 4 heteroatoms. The Balaban J connectivity index is 1.98. The number of rotatable bonds is 6. The van der Waals surface area contributed by atoms with Gasteiger partial charge >= 0.3 is 0 Å². The Morgan fingerprint density at radius 1 is 1.41 bits per heavy atom. The molecule has 0 radical (unpaired) electrons. The number of likely N-dealkylation sites (tertiary alicyclic amines) is 1. The second-order valence-electron chi connectivity index (χ2n) is 6.23. The van der Waals surface area contributed by atoms with E-state index < -0.39 is 0 Å². The van der Waals surface area contributed by atoms with Crippen LogP contribution in [0, 0.1) is 0 Å². The van der Waals surface area contributed by atoms with E-state index in [0.29, 0.717) is 6.54 Å². The van der Waals surface area contributed by atoms with Crippen molar-refractivity contribution in [3.05, 3.63) is 35.9 Å². The van der Waals surface area contributed by atoms with Gasteiger partial charge in [0.05, 0.1) is 18.2 Å². The van der Waals surface area contributed by atoms with Gasteiger partial charge < -0.3 is 10.4 Å². The number of aliphatic hydroxyl groups excluding tert-OH is 1. The molecule has 1 aliphatic heterocycles. The maximum atomic E-state index is 12.6. The molecule has 1 aliphatic rings. The Hall–Kier alpha value is -1.39. The number of benzene rings is 1. The van der Waals surface area contributed by atoms with E-state index >= 15 is 0 Å². The van der Waals surface area contributed by atoms with Crippen molar-refractivity contribution in [1.29, 1.82) is 0 Å². The fraction of sp³-hybridized carbons (Fsp3) is 0.611. The van der Waals surface area contributed by atoms with Crippen molar-refractivity contribution in [3.8, 4) is 0 Å². The van der Waals surface area contributed by atoms with Gasteiger partial charge in [-0.3, -0.25) is 9.69 Å². The second-order valence-corrected chi connectivity index (χ2v) is 6.23. The molecule has 0 saturated carbocycles. The number of hydrogen-bond acceptors (Lipinski definition) is 3. The third-order valence-electron chi connectivity index (χ3n) is 4.45. The van der Waals surface area contributed by atoms with E-state index in [9.17, 15) is 9.90 Å². The van der Waals surface area contributed by atoms with Crippen LogP contribution in [0.15, 0.2) is 30.3 Å². The van der Waals surface area contributed by atoms with Crippen molar-refractivity contribution in [2.45, 2.75) is 57.7 Å². The average Bonchev–Trinajstić information content (AvgIpc) is 2.54. The minimum atomic E-state index is -0.301. The first-order valence-corrected chi connectivity index (χ1v) is 8.39. The fourth-order valence-corrected chi connectivity index (χ4v) is 3.09. The highest BCUT2D eigenvalue weighted by atomic mass is 16.3. The molecule has 0 bridgehead atoms. The monoisotopic (exact) mass is 304 g/mol. The van der Waals surface area contributed by atoms with Gasteiger partial charge in [0.2, 0.25) is 5.91 Å². The molecule has 0 spiro atoms. The number of amides is 1. The van der Waals surface area contributed by atoms with E-state index in [0.717, 1.165) is 37.8 Å². The number of aliphatic hydroxyl groups is 1. The number of piperidine rings is 1. The van der Waals surface area contributed by atoms with Crippen molar-refractivity contribution in [1.82, 2.24) is 10.2 Å². The smallest absolute Gasteiger partial charge is 0.237 e. The van der Waals surface area contributed by atoms with E-state index in [1.807, 2.05) is 25.1 Å². The zero-order chi connectivity index (χ0) is 15.9. The van der Waals surface area contributed by atoms with Gasteiger partial charge in [0.15, 0.2) is 0 Å². The maximum Gasteiger partial charge on any atom is 0.237 e. The molecule has 2 N–H and O–H groups in total. The van der Waals surface area contributed by atoms with E-state index in [-0.39, 0.29) is 24.1 Å². The lowest BCUT2D eigenvalue weighted by Crippen LogP contribution is -2.50. The first kappa shape index (κ1) is 17.0. The van der Waals surface area contributed by atoms with Crippen molar-refractivity contribution in [3.63, 3.8) is 0 Å². The molecule has 22 heavy (non-hydrogen) atoms. The summed E-state index contributed by atoms with van der Waals surface area (Å²) in [5.74, 6) is 0.0522. The molecule has 2 rings (SSSR count). The number of hydrogen-bond donors (Lipinski definition) is 2. The minimum Gasteiger partial charge on any atom is -0.392 e. The highest BCUT2D eigenvalue weighted by Crippen LogP contribution is 2.19. The molecule has 0 aromatic heterocycles. The van der Waals surface area contributed by atoms with Crippen LogP contribution in [0.2, 0.25) is 0 Å². The Bertz CT molecular complexity index is 463. The molecule has 1 fully saturated rings. The topological polar surface area (TPSA) is 52.6 Å². The number of nitrogens with one attached hydrogen (secondary N) is 1. The first-order chi connectivity index (χ1) is 10.6. The lowest BCUT2D eigenvalue weighted by Gasteiger charge is -2.34. The molecule has 1 heterocycles. The van der Waals surface area contributed by atoms with Crippen LogP contribution in [0.3, 0.4) is 0 Å². The summed E-state index contributed by atoms with van der Waals surface area (Å²) in [5.41, 5.74) is 1.16. The zero-order valence-corrected chi connectivity index (χ0v) is 13.7. The van der Waals surface area contributed by atoms with Gasteiger partial charge in [-0.05, 0) is 38.3 Å². The molecule has 0 aliphatic carbocycles. The van der Waals surface area contributed by atoms with Crippen LogP contribution in [0.1, 0.15) is 51.1 Å². The Kier molecular flexibility index (Phi) is 6.40. The highest BCUT2D eigenvalue weighted by molar-refractivity contribution is 5.81. The fourth-order valence-electron chi connectivity index (χ4n) is 3.09. The molecule has 4 nitrogen and oxygen atoms in total. The molecule has 3 unspecified atom stereocenters. The lowest BCUT2D eigenvalue weighted by molar-refractivity contribution is -0.127. The molecule has 122 valence electrons. The maximum absolute atomic E-state index is 12.6. The Morgan fingerprint density at radius 2 is 2.14 bits per heavy atom. The molecule has 3 atom stereocenters. The average molecular weight is 304 g/mol. The highest BCUT2D eigenvalue weighted by Gasteiger charge is 2.27. The summed E-state index contributed by atoms with van der Waals surface area (Å²) < 4.78 is 0. The standard InChI is InChI=1S/C18H28N2O2/c1-3-8-17(15-9-5-4-6-10-15)19-18(22)14(2)20-12-7-11-16(21)13-20/h4-6,9-10,14,16-17,21H,3,7-8,11-13H2,1-2H3,(H,19,22). The van der Waals surface area contributed by atoms with Gasteiger partial charge in [0, 0.05) is 6.54 Å². The number of β-amino-alcohol motifs (C(OH)–C–C–N with tert-alkyl or cyclic N) is 1. The van der Waals surface area contributed by atoms with Crippen LogP contribution in [0.5, 0.6) is 0 Å². The summed E-state index contributed by atoms with van der Waals surface area (Å²) in [4.78, 5) is 14.7. The minimum absolute atomic E-state index is 0.0522. The van der Waals surface area contributed by atoms with Gasteiger partial charge in [0.25, 0.3) is 0 Å². The van der Waals surface area contributed by atoms with Crippen LogP contribution >= 0.6 is 0 Å². The van der Waals surface area contributed by atoms with E-state index in [1.165, 1.54) is 0 Å². The molecule has 1 saturated heterocycles. The summed E-state index contributed by atoms with van der Waals surface area (Å²) in [6.45, 7) is 5.54. The van der Waals surface area contributed by atoms with Crippen LogP contribution in [-0.2, 0) is 4.79 Å². The Morgan fingerprint density at radius 3 is 2.77 bits per heavy atom. The van der Waals surface area contributed by atoms with Gasteiger partial charge in [-0.25, -0.2) is 0 Å². The van der Waals surface area contributed by atoms with Gasteiger partial charge in [-0.2, -0.15) is 0 Å². The van der Waals surface area contributed by atoms with Crippen molar-refractivity contribution >= 4 is 5.91 Å². The van der Waals surface area contributed by atoms with Crippen LogP contribution in [0.25, 0.3) is 0 Å². The van der Waals surface area contributed by atoms with Crippen molar-refractivity contribution in [2.24, 2.45) is 0 Å². The van der Waals surface area contributed by atoms with E-state index in [1.54, 1.807) is 0 Å². The van der Waals surface area contributed by atoms with Gasteiger partial charge in [-0.1, -0.05) is 43.7 Å². The summed E-state index contributed by atoms with van der Waals surface area (Å²) in [5, 5.41) is 13.0. The summed E-state index contributed by atoms with van der Waals surface area (Å²) >= 11 is 0. The SMILES string of the molecule is CCCC(NC(=O)C(C)N1CCCC(O)C1)c1ccccc1. The number of carbonyl (C=O) groups excluding carboxylic acids is 1. The van der Waals surface area contributed by atoms with Crippen LogP contribution in [-0.4, -0.2) is 41.1 Å². The summed E-state index contributed by atoms with van der Waals surface area (Å²) in [6, 6.07) is 10.0. The van der Waals surface area contributed by atoms with E-state index in [2.05, 4.69) is 29.3 Å². The molecular weight excluding hydrogens is 276 g/mol. The van der Waals surface area contributed by atoms with Crippen LogP contribution < -0.4 is 5.32 Å². The largest absolute Gasteiger partial charge is 0.392 e. The first-order valence-electron chi connectivity index (χ1n) is 8.39. The molecule has 1 amide bonds. The van der Waals surface area contributed by atoms with Crippen LogP contribution in [0.4, 0.5) is 0 Å². The van der Waals surface area contributed by atoms with Crippen molar-refractivity contribution < 1.29 is 9.90 Å². The summed E-state index contributed by atoms with van der Waals surface area (Å²) in [7, 11) is 0. The molecule has 1 aromatic rings. The quantitative estimate of drug-likeness (QED) is 0.849. The lowest BCUT2D eigenvalue weighted by atomic mass is 10.0. The third kappa shape index (κ3) is 4.55. The van der Waals surface area contributed by atoms with Gasteiger partial charge in [0.1, 0.15) is 0 Å². The summed E-state index contributed by atoms with van der Waals surface area (Å²) in [6.07, 6.45) is 3.45. The number of nitrogens with zero attached hydrogens (tertiary/aromatic N) is 1.